The van der Waals surface area contributed by atoms with Crippen molar-refractivity contribution in [3.05, 3.63) is 29.6 Å². The highest BCUT2D eigenvalue weighted by Crippen LogP contribution is 2.27. The van der Waals surface area contributed by atoms with Gasteiger partial charge >= 0.3 is 7.12 Å². The number of rotatable bonds is 5. The summed E-state index contributed by atoms with van der Waals surface area (Å²) in [5.41, 5.74) is 0.791. The molecule has 2 N–H and O–H groups in total. The summed E-state index contributed by atoms with van der Waals surface area (Å²) in [6, 6.07) is 4.37. The van der Waals surface area contributed by atoms with Crippen LogP contribution in [0, 0.1) is 11.7 Å². The molecule has 3 nitrogen and oxygen atoms in total. The van der Waals surface area contributed by atoms with Crippen molar-refractivity contribution >= 4 is 12.6 Å². The van der Waals surface area contributed by atoms with Crippen molar-refractivity contribution in [2.24, 2.45) is 5.92 Å². The lowest BCUT2D eigenvalue weighted by molar-refractivity contribution is 0.199. The maximum absolute atomic E-state index is 13.8. The van der Waals surface area contributed by atoms with E-state index in [4.69, 9.17) is 10.0 Å². The highest BCUT2D eigenvalue weighted by Gasteiger charge is 2.20. The Morgan fingerprint density at radius 1 is 1.39 bits per heavy atom. The van der Waals surface area contributed by atoms with E-state index in [0.29, 0.717) is 12.1 Å². The minimum atomic E-state index is -1.61. The molecule has 0 aromatic heterocycles. The van der Waals surface area contributed by atoms with Gasteiger partial charge in [0.05, 0.1) is 0 Å². The van der Waals surface area contributed by atoms with E-state index in [1.54, 1.807) is 12.1 Å². The predicted octanol–water partition coefficient (Wildman–Crippen LogP) is 0.737. The minimum Gasteiger partial charge on any atom is -0.423 e. The number of hydrogen-bond donors (Lipinski definition) is 2. The normalized spacial score (nSPS) is 15.8. The van der Waals surface area contributed by atoms with Crippen LogP contribution in [0.2, 0.25) is 0 Å². The first-order valence-electron chi connectivity index (χ1n) is 6.39. The molecule has 0 unspecified atom stereocenters. The molecule has 0 heterocycles. The standard InChI is InChI=1S/C13H19BFNO2/c1-16(8-10-3-2-4-10)9-11-5-6-12(14(17)18)7-13(11)15/h5-7,10,17-18H,2-4,8-9H2,1H3. The van der Waals surface area contributed by atoms with Gasteiger partial charge in [-0.15, -0.1) is 0 Å². The van der Waals surface area contributed by atoms with Gasteiger partial charge in [-0.1, -0.05) is 18.6 Å². The van der Waals surface area contributed by atoms with E-state index in [9.17, 15) is 4.39 Å². The summed E-state index contributed by atoms with van der Waals surface area (Å²) < 4.78 is 13.8. The van der Waals surface area contributed by atoms with Crippen LogP contribution in [-0.4, -0.2) is 35.7 Å². The molecule has 0 aliphatic heterocycles. The number of hydrogen-bond acceptors (Lipinski definition) is 3. The van der Waals surface area contributed by atoms with Crippen LogP contribution in [0.25, 0.3) is 0 Å². The lowest BCUT2D eigenvalue weighted by atomic mass is 9.80. The van der Waals surface area contributed by atoms with Gasteiger partial charge in [0.25, 0.3) is 0 Å². The third kappa shape index (κ3) is 3.31. The van der Waals surface area contributed by atoms with E-state index in [2.05, 4.69) is 4.90 Å². The molecule has 1 saturated carbocycles. The van der Waals surface area contributed by atoms with Gasteiger partial charge in [-0.25, -0.2) is 4.39 Å². The van der Waals surface area contributed by atoms with Crippen LogP contribution < -0.4 is 5.46 Å². The van der Waals surface area contributed by atoms with Crippen molar-refractivity contribution in [2.75, 3.05) is 13.6 Å². The second-order valence-corrected chi connectivity index (χ2v) is 5.22. The van der Waals surface area contributed by atoms with Gasteiger partial charge in [-0.3, -0.25) is 0 Å². The Morgan fingerprint density at radius 3 is 2.61 bits per heavy atom. The van der Waals surface area contributed by atoms with Crippen LogP contribution in [0.4, 0.5) is 4.39 Å². The molecule has 2 rings (SSSR count). The van der Waals surface area contributed by atoms with Crippen LogP contribution in [0.1, 0.15) is 24.8 Å². The quantitative estimate of drug-likeness (QED) is 0.758. The van der Waals surface area contributed by atoms with Crippen molar-refractivity contribution < 1.29 is 14.4 Å². The molecule has 0 saturated heterocycles. The minimum absolute atomic E-state index is 0.192. The molecule has 1 aromatic carbocycles. The summed E-state index contributed by atoms with van der Waals surface area (Å²) in [7, 11) is 0.383. The summed E-state index contributed by atoms with van der Waals surface area (Å²) in [5.74, 6) is 0.387. The smallest absolute Gasteiger partial charge is 0.423 e. The molecule has 0 radical (unpaired) electrons. The van der Waals surface area contributed by atoms with Crippen LogP contribution in [0.3, 0.4) is 0 Å². The van der Waals surface area contributed by atoms with Crippen LogP contribution in [0.5, 0.6) is 0 Å². The zero-order chi connectivity index (χ0) is 13.1. The van der Waals surface area contributed by atoms with Gasteiger partial charge in [-0.2, -0.15) is 0 Å². The van der Waals surface area contributed by atoms with Crippen molar-refractivity contribution in [3.8, 4) is 0 Å². The summed E-state index contributed by atoms with van der Waals surface area (Å²) in [5, 5.41) is 17.9. The topological polar surface area (TPSA) is 43.7 Å². The maximum atomic E-state index is 13.8. The second kappa shape index (κ2) is 5.82. The van der Waals surface area contributed by atoms with Crippen molar-refractivity contribution in [2.45, 2.75) is 25.8 Å². The van der Waals surface area contributed by atoms with Gasteiger partial charge in [0.1, 0.15) is 5.82 Å². The summed E-state index contributed by atoms with van der Waals surface area (Å²) in [6.45, 7) is 1.56. The van der Waals surface area contributed by atoms with Gasteiger partial charge in [0, 0.05) is 18.7 Å². The second-order valence-electron chi connectivity index (χ2n) is 5.22. The SMILES string of the molecule is CN(Cc1ccc(B(O)O)cc1F)CC1CCC1. The third-order valence-corrected chi connectivity index (χ3v) is 3.61. The fourth-order valence-corrected chi connectivity index (χ4v) is 2.32. The Kier molecular flexibility index (Phi) is 4.38. The first kappa shape index (κ1) is 13.5. The molecular weight excluding hydrogens is 232 g/mol. The fourth-order valence-electron chi connectivity index (χ4n) is 2.32. The van der Waals surface area contributed by atoms with E-state index in [-0.39, 0.29) is 11.3 Å². The Labute approximate surface area is 107 Å². The van der Waals surface area contributed by atoms with Gasteiger partial charge in [0.15, 0.2) is 0 Å². The molecule has 1 aliphatic carbocycles. The van der Waals surface area contributed by atoms with E-state index in [0.717, 1.165) is 12.5 Å². The molecule has 0 amide bonds. The lowest BCUT2D eigenvalue weighted by Crippen LogP contribution is -2.31. The van der Waals surface area contributed by atoms with Gasteiger partial charge in [-0.05, 0) is 37.3 Å². The molecule has 0 atom stereocenters. The maximum Gasteiger partial charge on any atom is 0.488 e. The first-order valence-corrected chi connectivity index (χ1v) is 6.39. The molecule has 98 valence electrons. The largest absolute Gasteiger partial charge is 0.488 e. The van der Waals surface area contributed by atoms with E-state index >= 15 is 0 Å². The lowest BCUT2D eigenvalue weighted by Gasteiger charge is -2.30. The van der Waals surface area contributed by atoms with E-state index in [1.807, 2.05) is 7.05 Å². The monoisotopic (exact) mass is 251 g/mol. The Morgan fingerprint density at radius 2 is 2.11 bits per heavy atom. The Bertz CT molecular complexity index is 410. The van der Waals surface area contributed by atoms with Crippen LogP contribution in [0.15, 0.2) is 18.2 Å². The predicted molar refractivity (Wildman–Crippen MR) is 69.9 cm³/mol. The number of benzene rings is 1. The summed E-state index contributed by atoms with van der Waals surface area (Å²) in [4.78, 5) is 2.12. The number of nitrogens with zero attached hydrogens (tertiary/aromatic N) is 1. The zero-order valence-corrected chi connectivity index (χ0v) is 10.6. The molecule has 1 aromatic rings. The average Bonchev–Trinajstić information content (AvgIpc) is 2.26. The summed E-state index contributed by atoms with van der Waals surface area (Å²) in [6.07, 6.45) is 3.88. The van der Waals surface area contributed by atoms with Crippen molar-refractivity contribution in [1.82, 2.24) is 4.90 Å². The number of halogens is 1. The highest BCUT2D eigenvalue weighted by molar-refractivity contribution is 6.58. The van der Waals surface area contributed by atoms with Gasteiger partial charge < -0.3 is 14.9 Å². The Hall–Kier alpha value is -0.905. The summed E-state index contributed by atoms with van der Waals surface area (Å²) >= 11 is 0. The zero-order valence-electron chi connectivity index (χ0n) is 10.6. The van der Waals surface area contributed by atoms with Crippen LogP contribution >= 0.6 is 0 Å². The third-order valence-electron chi connectivity index (χ3n) is 3.61. The van der Waals surface area contributed by atoms with Gasteiger partial charge in [0.2, 0.25) is 0 Å². The molecule has 1 fully saturated rings. The average molecular weight is 251 g/mol. The van der Waals surface area contributed by atoms with E-state index < -0.39 is 7.12 Å². The fraction of sp³-hybridized carbons (Fsp3) is 0.538. The molecule has 1 aliphatic rings. The van der Waals surface area contributed by atoms with Crippen molar-refractivity contribution in [3.63, 3.8) is 0 Å². The van der Waals surface area contributed by atoms with E-state index in [1.165, 1.54) is 25.3 Å². The first-order chi connectivity index (χ1) is 8.56. The van der Waals surface area contributed by atoms with Crippen molar-refractivity contribution in [1.29, 1.82) is 0 Å². The molecule has 5 heteroatoms. The molecule has 0 spiro atoms. The van der Waals surface area contributed by atoms with Crippen LogP contribution in [-0.2, 0) is 6.54 Å². The molecule has 18 heavy (non-hydrogen) atoms. The highest BCUT2D eigenvalue weighted by atomic mass is 19.1. The Balaban J connectivity index is 1.95. The molecular formula is C13H19BFNO2. The molecule has 0 bridgehead atoms.